The highest BCUT2D eigenvalue weighted by atomic mass is 32.2. The second kappa shape index (κ2) is 7.53. The van der Waals surface area contributed by atoms with Gasteiger partial charge in [-0.25, -0.2) is 17.8 Å². The molecule has 0 bridgehead atoms. The average molecular weight is 322 g/mol. The minimum Gasteiger partial charge on any atom is -0.329 e. The molecule has 2 aromatic rings. The van der Waals surface area contributed by atoms with E-state index in [9.17, 15) is 8.42 Å². The maximum Gasteiger partial charge on any atom is 0.244 e. The molecule has 0 fully saturated rings. The standard InChI is InChI=1S/C15H22N4O2S/c1-2-3-7-13(10-16)18-22(20,21)15-11-17-19(12-15)14-8-5-4-6-9-14/h4-6,8-9,11-13,18H,2-3,7,10,16H2,1H3. The number of benzene rings is 1. The first-order valence-corrected chi connectivity index (χ1v) is 8.87. The largest absolute Gasteiger partial charge is 0.329 e. The van der Waals surface area contributed by atoms with Gasteiger partial charge in [-0.15, -0.1) is 0 Å². The van der Waals surface area contributed by atoms with E-state index in [0.29, 0.717) is 0 Å². The van der Waals surface area contributed by atoms with E-state index in [1.807, 2.05) is 30.3 Å². The van der Waals surface area contributed by atoms with E-state index in [0.717, 1.165) is 24.9 Å². The van der Waals surface area contributed by atoms with Gasteiger partial charge in [0.2, 0.25) is 10.0 Å². The Kier molecular flexibility index (Phi) is 5.70. The molecule has 0 radical (unpaired) electrons. The first kappa shape index (κ1) is 16.7. The molecule has 1 aromatic carbocycles. The second-order valence-electron chi connectivity index (χ2n) is 5.15. The van der Waals surface area contributed by atoms with Gasteiger partial charge in [-0.3, -0.25) is 0 Å². The van der Waals surface area contributed by atoms with Crippen LogP contribution in [0.1, 0.15) is 26.2 Å². The van der Waals surface area contributed by atoms with Gasteiger partial charge >= 0.3 is 0 Å². The van der Waals surface area contributed by atoms with E-state index < -0.39 is 10.0 Å². The van der Waals surface area contributed by atoms with Crippen LogP contribution in [0, 0.1) is 0 Å². The molecule has 0 aliphatic carbocycles. The van der Waals surface area contributed by atoms with Gasteiger partial charge in [-0.05, 0) is 18.6 Å². The highest BCUT2D eigenvalue weighted by Crippen LogP contribution is 2.13. The minimum absolute atomic E-state index is 0.145. The number of hydrogen-bond donors (Lipinski definition) is 2. The van der Waals surface area contributed by atoms with E-state index in [-0.39, 0.29) is 17.5 Å². The zero-order valence-electron chi connectivity index (χ0n) is 12.6. The molecule has 0 aliphatic rings. The number of aromatic nitrogens is 2. The molecule has 1 atom stereocenters. The number of hydrogen-bond acceptors (Lipinski definition) is 4. The highest BCUT2D eigenvalue weighted by molar-refractivity contribution is 7.89. The smallest absolute Gasteiger partial charge is 0.244 e. The first-order chi connectivity index (χ1) is 10.6. The molecule has 7 heteroatoms. The molecule has 0 saturated carbocycles. The molecule has 2 rings (SSSR count). The summed E-state index contributed by atoms with van der Waals surface area (Å²) in [5, 5.41) is 4.11. The highest BCUT2D eigenvalue weighted by Gasteiger charge is 2.20. The maximum absolute atomic E-state index is 12.4. The summed E-state index contributed by atoms with van der Waals surface area (Å²) in [6, 6.07) is 9.12. The fourth-order valence-electron chi connectivity index (χ4n) is 2.13. The SMILES string of the molecule is CCCCC(CN)NS(=O)(=O)c1cnn(-c2ccccc2)c1. The maximum atomic E-state index is 12.4. The van der Waals surface area contributed by atoms with Crippen molar-refractivity contribution < 1.29 is 8.42 Å². The van der Waals surface area contributed by atoms with Crippen molar-refractivity contribution in [2.45, 2.75) is 37.1 Å². The van der Waals surface area contributed by atoms with Crippen molar-refractivity contribution >= 4 is 10.0 Å². The molecule has 0 amide bonds. The molecule has 22 heavy (non-hydrogen) atoms. The average Bonchev–Trinajstić information content (AvgIpc) is 3.03. The number of unbranched alkanes of at least 4 members (excludes halogenated alkanes) is 1. The third-order valence-electron chi connectivity index (χ3n) is 3.40. The van der Waals surface area contributed by atoms with Crippen LogP contribution >= 0.6 is 0 Å². The van der Waals surface area contributed by atoms with Crippen molar-refractivity contribution in [2.75, 3.05) is 6.54 Å². The Morgan fingerprint density at radius 1 is 1.32 bits per heavy atom. The molecule has 1 aromatic heterocycles. The fourth-order valence-corrected chi connectivity index (χ4v) is 3.34. The number of para-hydroxylation sites is 1. The van der Waals surface area contributed by atoms with Gasteiger partial charge in [-0.1, -0.05) is 38.0 Å². The molecular weight excluding hydrogens is 300 g/mol. The van der Waals surface area contributed by atoms with Gasteiger partial charge in [0.15, 0.2) is 0 Å². The van der Waals surface area contributed by atoms with Crippen LogP contribution in [0.4, 0.5) is 0 Å². The Morgan fingerprint density at radius 3 is 2.68 bits per heavy atom. The van der Waals surface area contributed by atoms with E-state index >= 15 is 0 Å². The Bertz CT molecular complexity index is 683. The van der Waals surface area contributed by atoms with Crippen LogP contribution in [0.25, 0.3) is 5.69 Å². The molecule has 6 nitrogen and oxygen atoms in total. The third kappa shape index (κ3) is 4.16. The number of sulfonamides is 1. The summed E-state index contributed by atoms with van der Waals surface area (Å²) in [5.74, 6) is 0. The molecule has 0 spiro atoms. The van der Waals surface area contributed by atoms with Crippen LogP contribution in [0.3, 0.4) is 0 Å². The van der Waals surface area contributed by atoms with E-state index in [4.69, 9.17) is 5.73 Å². The van der Waals surface area contributed by atoms with Gasteiger partial charge in [-0.2, -0.15) is 5.10 Å². The van der Waals surface area contributed by atoms with Crippen LogP contribution in [0.5, 0.6) is 0 Å². The van der Waals surface area contributed by atoms with Crippen molar-refractivity contribution in [1.29, 1.82) is 0 Å². The quantitative estimate of drug-likeness (QED) is 0.773. The van der Waals surface area contributed by atoms with Crippen molar-refractivity contribution in [2.24, 2.45) is 5.73 Å². The lowest BCUT2D eigenvalue weighted by molar-refractivity contribution is 0.516. The van der Waals surface area contributed by atoms with Gasteiger partial charge in [0.1, 0.15) is 4.90 Å². The topological polar surface area (TPSA) is 90.0 Å². The van der Waals surface area contributed by atoms with Crippen LogP contribution in [-0.2, 0) is 10.0 Å². The zero-order valence-corrected chi connectivity index (χ0v) is 13.5. The minimum atomic E-state index is -3.60. The van der Waals surface area contributed by atoms with Crippen LogP contribution in [-0.4, -0.2) is 30.8 Å². The van der Waals surface area contributed by atoms with Crippen molar-refractivity contribution in [1.82, 2.24) is 14.5 Å². The van der Waals surface area contributed by atoms with Crippen molar-refractivity contribution in [3.8, 4) is 5.69 Å². The lowest BCUT2D eigenvalue weighted by Crippen LogP contribution is -2.39. The Balaban J connectivity index is 2.15. The summed E-state index contributed by atoms with van der Waals surface area (Å²) >= 11 is 0. The Morgan fingerprint density at radius 2 is 2.05 bits per heavy atom. The van der Waals surface area contributed by atoms with Gasteiger partial charge in [0.05, 0.1) is 18.1 Å². The van der Waals surface area contributed by atoms with Crippen molar-refractivity contribution in [3.05, 3.63) is 42.7 Å². The number of nitrogens with two attached hydrogens (primary N) is 1. The molecular formula is C15H22N4O2S. The van der Waals surface area contributed by atoms with E-state index in [1.54, 1.807) is 0 Å². The molecule has 0 saturated heterocycles. The number of nitrogens with zero attached hydrogens (tertiary/aromatic N) is 2. The molecule has 120 valence electrons. The lowest BCUT2D eigenvalue weighted by Gasteiger charge is -2.15. The van der Waals surface area contributed by atoms with Crippen LogP contribution in [0.15, 0.2) is 47.6 Å². The normalized spacial score (nSPS) is 13.2. The second-order valence-corrected chi connectivity index (χ2v) is 6.87. The Hall–Kier alpha value is -1.70. The predicted molar refractivity (Wildman–Crippen MR) is 86.3 cm³/mol. The Labute approximate surface area is 131 Å². The summed E-state index contributed by atoms with van der Waals surface area (Å²) in [7, 11) is -3.60. The van der Waals surface area contributed by atoms with Crippen molar-refractivity contribution in [3.63, 3.8) is 0 Å². The number of nitrogens with one attached hydrogen (secondary N) is 1. The van der Waals surface area contributed by atoms with Gasteiger partial charge in [0, 0.05) is 12.6 Å². The zero-order chi connectivity index (χ0) is 16.0. The molecule has 0 aliphatic heterocycles. The molecule has 1 heterocycles. The first-order valence-electron chi connectivity index (χ1n) is 7.39. The van der Waals surface area contributed by atoms with Crippen LogP contribution < -0.4 is 10.5 Å². The fraction of sp³-hybridized carbons (Fsp3) is 0.400. The summed E-state index contributed by atoms with van der Waals surface area (Å²) < 4.78 is 29.0. The molecule has 3 N–H and O–H groups in total. The van der Waals surface area contributed by atoms with E-state index in [2.05, 4.69) is 16.7 Å². The van der Waals surface area contributed by atoms with E-state index in [1.165, 1.54) is 17.1 Å². The van der Waals surface area contributed by atoms with Crippen LogP contribution in [0.2, 0.25) is 0 Å². The molecule has 1 unspecified atom stereocenters. The summed E-state index contributed by atoms with van der Waals surface area (Å²) in [6.45, 7) is 2.35. The lowest BCUT2D eigenvalue weighted by atomic mass is 10.1. The monoisotopic (exact) mass is 322 g/mol. The summed E-state index contributed by atoms with van der Waals surface area (Å²) in [5.41, 5.74) is 6.46. The predicted octanol–water partition coefficient (Wildman–Crippen LogP) is 1.67. The van der Waals surface area contributed by atoms with Gasteiger partial charge < -0.3 is 5.73 Å². The number of rotatable bonds is 8. The van der Waals surface area contributed by atoms with Gasteiger partial charge in [0.25, 0.3) is 0 Å². The summed E-state index contributed by atoms with van der Waals surface area (Å²) in [6.07, 6.45) is 5.53. The summed E-state index contributed by atoms with van der Waals surface area (Å²) in [4.78, 5) is 0.145. The third-order valence-corrected chi connectivity index (χ3v) is 4.88.